The predicted octanol–water partition coefficient (Wildman–Crippen LogP) is 3.51. The van der Waals surface area contributed by atoms with Gasteiger partial charge in [-0.3, -0.25) is 9.78 Å². The van der Waals surface area contributed by atoms with E-state index in [0.29, 0.717) is 12.5 Å². The fourth-order valence-electron chi connectivity index (χ4n) is 2.59. The minimum absolute atomic E-state index is 0.255. The van der Waals surface area contributed by atoms with Crippen molar-refractivity contribution in [3.63, 3.8) is 0 Å². The molecule has 2 aromatic rings. The van der Waals surface area contributed by atoms with E-state index in [0.717, 1.165) is 31.4 Å². The first-order chi connectivity index (χ1) is 10.3. The summed E-state index contributed by atoms with van der Waals surface area (Å²) in [5.41, 5.74) is 1.11. The highest BCUT2D eigenvalue weighted by Crippen LogP contribution is 2.29. The molecule has 1 fully saturated rings. The Kier molecular flexibility index (Phi) is 4.65. The van der Waals surface area contributed by atoms with Crippen LogP contribution in [0.15, 0.2) is 42.0 Å². The summed E-state index contributed by atoms with van der Waals surface area (Å²) in [6, 6.07) is 8.18. The highest BCUT2D eigenvalue weighted by Gasteiger charge is 2.29. The number of carbonyl (C=O) groups is 1. The Morgan fingerprint density at radius 3 is 2.86 bits per heavy atom. The van der Waals surface area contributed by atoms with Crippen molar-refractivity contribution < 1.29 is 4.79 Å². The van der Waals surface area contributed by atoms with Crippen molar-refractivity contribution >= 4 is 17.2 Å². The molecule has 21 heavy (non-hydrogen) atoms. The fraction of sp³-hybridized carbons (Fsp3) is 0.412. The normalized spacial score (nSPS) is 14.7. The Bertz CT molecular complexity index is 564. The van der Waals surface area contributed by atoms with Crippen LogP contribution in [0.2, 0.25) is 0 Å². The number of hydrogen-bond donors (Lipinski definition) is 0. The highest BCUT2D eigenvalue weighted by molar-refractivity contribution is 7.09. The maximum absolute atomic E-state index is 12.6. The molecule has 3 nitrogen and oxygen atoms in total. The first kappa shape index (κ1) is 14.3. The fourth-order valence-corrected chi connectivity index (χ4v) is 3.29. The second kappa shape index (κ2) is 6.85. The van der Waals surface area contributed by atoms with Gasteiger partial charge in [-0.15, -0.1) is 11.3 Å². The maximum atomic E-state index is 12.6. The van der Waals surface area contributed by atoms with Gasteiger partial charge in [0, 0.05) is 36.3 Å². The summed E-state index contributed by atoms with van der Waals surface area (Å²) >= 11 is 1.76. The zero-order valence-electron chi connectivity index (χ0n) is 12.1. The number of aromatic nitrogens is 1. The van der Waals surface area contributed by atoms with Gasteiger partial charge in [-0.25, -0.2) is 0 Å². The average Bonchev–Trinajstić information content (AvgIpc) is 2.96. The van der Waals surface area contributed by atoms with E-state index in [-0.39, 0.29) is 5.92 Å². The van der Waals surface area contributed by atoms with Crippen molar-refractivity contribution in [2.75, 3.05) is 6.54 Å². The van der Waals surface area contributed by atoms with Crippen LogP contribution >= 0.6 is 11.3 Å². The van der Waals surface area contributed by atoms with Crippen molar-refractivity contribution in [3.8, 4) is 0 Å². The third-order valence-electron chi connectivity index (χ3n) is 4.07. The summed E-state index contributed by atoms with van der Waals surface area (Å²) in [7, 11) is 0. The van der Waals surface area contributed by atoms with Crippen molar-refractivity contribution in [1.29, 1.82) is 0 Å². The molecule has 3 rings (SSSR count). The van der Waals surface area contributed by atoms with Crippen LogP contribution in [0, 0.1) is 5.92 Å². The predicted molar refractivity (Wildman–Crippen MR) is 85.0 cm³/mol. The van der Waals surface area contributed by atoms with Gasteiger partial charge < -0.3 is 4.90 Å². The molecule has 110 valence electrons. The van der Waals surface area contributed by atoms with Gasteiger partial charge in [-0.1, -0.05) is 18.6 Å². The van der Waals surface area contributed by atoms with Crippen molar-refractivity contribution in [2.24, 2.45) is 5.92 Å². The largest absolute Gasteiger partial charge is 0.338 e. The smallest absolute Gasteiger partial charge is 0.225 e. The van der Waals surface area contributed by atoms with E-state index < -0.39 is 0 Å². The first-order valence-electron chi connectivity index (χ1n) is 7.53. The molecule has 0 atom stereocenters. The zero-order valence-corrected chi connectivity index (χ0v) is 12.9. The molecule has 4 heteroatoms. The van der Waals surface area contributed by atoms with Gasteiger partial charge in [0.05, 0.1) is 0 Å². The zero-order chi connectivity index (χ0) is 14.5. The number of thiophene rings is 1. The lowest BCUT2D eigenvalue weighted by molar-refractivity contribution is -0.138. The molecule has 1 amide bonds. The number of amides is 1. The molecule has 0 N–H and O–H groups in total. The molecule has 0 aromatic carbocycles. The standard InChI is InChI=1S/C17H20N2OS/c20-17(15-5-1-6-15)19(10-8-16-7-3-11-21-16)13-14-4-2-9-18-12-14/h2-4,7,9,11-12,15H,1,5-6,8,10,13H2. The molecule has 0 bridgehead atoms. The van der Waals surface area contributed by atoms with Crippen molar-refractivity contribution in [1.82, 2.24) is 9.88 Å². The summed E-state index contributed by atoms with van der Waals surface area (Å²) < 4.78 is 0. The summed E-state index contributed by atoms with van der Waals surface area (Å²) in [4.78, 5) is 20.1. The Labute approximate surface area is 129 Å². The molecule has 2 aromatic heterocycles. The molecule has 1 saturated carbocycles. The van der Waals surface area contributed by atoms with Crippen molar-refractivity contribution in [3.05, 3.63) is 52.5 Å². The van der Waals surface area contributed by atoms with Gasteiger partial charge in [-0.05, 0) is 42.3 Å². The van der Waals surface area contributed by atoms with Crippen LogP contribution in [-0.4, -0.2) is 22.3 Å². The quantitative estimate of drug-likeness (QED) is 0.818. The van der Waals surface area contributed by atoms with E-state index in [1.165, 1.54) is 11.3 Å². The SMILES string of the molecule is O=C(C1CCC1)N(CCc1cccs1)Cc1cccnc1. The topological polar surface area (TPSA) is 33.2 Å². The van der Waals surface area contributed by atoms with Crippen LogP contribution in [0.25, 0.3) is 0 Å². The summed E-state index contributed by atoms with van der Waals surface area (Å²) in [5, 5.41) is 2.09. The number of nitrogens with zero attached hydrogens (tertiary/aromatic N) is 2. The number of carbonyl (C=O) groups excluding carboxylic acids is 1. The number of hydrogen-bond acceptors (Lipinski definition) is 3. The Hall–Kier alpha value is -1.68. The Morgan fingerprint density at radius 2 is 2.24 bits per heavy atom. The van der Waals surface area contributed by atoms with Crippen LogP contribution in [0.1, 0.15) is 29.7 Å². The minimum atomic E-state index is 0.255. The Morgan fingerprint density at radius 1 is 1.33 bits per heavy atom. The molecule has 2 heterocycles. The van der Waals surface area contributed by atoms with E-state index in [1.807, 2.05) is 23.2 Å². The van der Waals surface area contributed by atoms with Gasteiger partial charge in [0.2, 0.25) is 5.91 Å². The molecule has 1 aliphatic carbocycles. The van der Waals surface area contributed by atoms with E-state index >= 15 is 0 Å². The van der Waals surface area contributed by atoms with Crippen LogP contribution in [-0.2, 0) is 17.8 Å². The van der Waals surface area contributed by atoms with E-state index in [2.05, 4.69) is 22.5 Å². The molecule has 1 aliphatic rings. The minimum Gasteiger partial charge on any atom is -0.338 e. The molecule has 0 spiro atoms. The van der Waals surface area contributed by atoms with E-state index in [1.54, 1.807) is 17.5 Å². The number of pyridine rings is 1. The van der Waals surface area contributed by atoms with Gasteiger partial charge in [-0.2, -0.15) is 0 Å². The van der Waals surface area contributed by atoms with Crippen molar-refractivity contribution in [2.45, 2.75) is 32.2 Å². The van der Waals surface area contributed by atoms with Gasteiger partial charge in [0.1, 0.15) is 0 Å². The molecule has 0 unspecified atom stereocenters. The second-order valence-electron chi connectivity index (χ2n) is 5.58. The molecule has 0 aliphatic heterocycles. The number of rotatable bonds is 6. The maximum Gasteiger partial charge on any atom is 0.225 e. The third kappa shape index (κ3) is 3.70. The van der Waals surface area contributed by atoms with Crippen LogP contribution in [0.4, 0.5) is 0 Å². The summed E-state index contributed by atoms with van der Waals surface area (Å²) in [5.74, 6) is 0.576. The molecular weight excluding hydrogens is 280 g/mol. The Balaban J connectivity index is 1.66. The van der Waals surface area contributed by atoms with Gasteiger partial charge in [0.25, 0.3) is 0 Å². The van der Waals surface area contributed by atoms with Crippen LogP contribution in [0.5, 0.6) is 0 Å². The lowest BCUT2D eigenvalue weighted by atomic mass is 9.84. The van der Waals surface area contributed by atoms with Gasteiger partial charge in [0.15, 0.2) is 0 Å². The van der Waals surface area contributed by atoms with E-state index in [4.69, 9.17) is 0 Å². The van der Waals surface area contributed by atoms with Gasteiger partial charge >= 0.3 is 0 Å². The summed E-state index contributed by atoms with van der Waals surface area (Å²) in [6.07, 6.45) is 7.88. The third-order valence-corrected chi connectivity index (χ3v) is 5.01. The highest BCUT2D eigenvalue weighted by atomic mass is 32.1. The molecular formula is C17H20N2OS. The van der Waals surface area contributed by atoms with Crippen LogP contribution < -0.4 is 0 Å². The lowest BCUT2D eigenvalue weighted by Gasteiger charge is -2.31. The average molecular weight is 300 g/mol. The molecule has 0 saturated heterocycles. The van der Waals surface area contributed by atoms with Crippen LogP contribution in [0.3, 0.4) is 0 Å². The monoisotopic (exact) mass is 300 g/mol. The molecule has 0 radical (unpaired) electrons. The lowest BCUT2D eigenvalue weighted by Crippen LogP contribution is -2.39. The van der Waals surface area contributed by atoms with E-state index in [9.17, 15) is 4.79 Å². The summed E-state index contributed by atoms with van der Waals surface area (Å²) in [6.45, 7) is 1.47. The second-order valence-corrected chi connectivity index (χ2v) is 6.61. The first-order valence-corrected chi connectivity index (χ1v) is 8.41.